The molecule has 0 unspecified atom stereocenters. The van der Waals surface area contributed by atoms with Gasteiger partial charge in [0.25, 0.3) is 0 Å². The van der Waals surface area contributed by atoms with E-state index in [9.17, 15) is 0 Å². The molecule has 0 saturated carbocycles. The van der Waals surface area contributed by atoms with Crippen molar-refractivity contribution in [1.82, 2.24) is 5.32 Å². The van der Waals surface area contributed by atoms with Crippen molar-refractivity contribution in [3.05, 3.63) is 18.5 Å². The van der Waals surface area contributed by atoms with Crippen molar-refractivity contribution in [2.24, 2.45) is 4.99 Å². The molecule has 0 bridgehead atoms. The van der Waals surface area contributed by atoms with Crippen LogP contribution < -0.4 is 5.32 Å². The number of hydrogen-bond acceptors (Lipinski definition) is 3. The van der Waals surface area contributed by atoms with Gasteiger partial charge in [-0.05, 0) is 6.42 Å². The van der Waals surface area contributed by atoms with E-state index in [1.165, 1.54) is 6.08 Å². The van der Waals surface area contributed by atoms with E-state index in [2.05, 4.69) is 17.2 Å². The van der Waals surface area contributed by atoms with E-state index in [1.807, 2.05) is 0 Å². The van der Waals surface area contributed by atoms with Crippen molar-refractivity contribution in [2.45, 2.75) is 19.8 Å². The third-order valence-corrected chi connectivity index (χ3v) is 1.22. The van der Waals surface area contributed by atoms with Crippen LogP contribution in [0.5, 0.6) is 0 Å². The first-order valence-corrected chi connectivity index (χ1v) is 3.39. The van der Waals surface area contributed by atoms with Crippen molar-refractivity contribution in [1.29, 1.82) is 0 Å². The Morgan fingerprint density at radius 3 is 3.10 bits per heavy atom. The van der Waals surface area contributed by atoms with Gasteiger partial charge in [-0.15, -0.1) is 0 Å². The molecule has 1 rings (SSSR count). The minimum absolute atomic E-state index is 0.0854. The monoisotopic (exact) mass is 139 g/mol. The second-order valence-electron chi connectivity index (χ2n) is 2.14. The average Bonchev–Trinajstić information content (AvgIpc) is 1.88. The first-order chi connectivity index (χ1) is 4.83. The summed E-state index contributed by atoms with van der Waals surface area (Å²) in [5.41, 5.74) is 0. The quantitative estimate of drug-likeness (QED) is 0.606. The van der Waals surface area contributed by atoms with Crippen LogP contribution in [0.15, 0.2) is 17.0 Å². The largest absolute Gasteiger partial charge is 0.493 e. The maximum absolute atomic E-state index is 8.91. The molecule has 0 spiro atoms. The highest BCUT2D eigenvalue weighted by molar-refractivity contribution is 5.84. The van der Waals surface area contributed by atoms with Gasteiger partial charge in [0.05, 0.1) is 6.54 Å². The van der Waals surface area contributed by atoms with Gasteiger partial charge in [0.15, 0.2) is 0 Å². The summed E-state index contributed by atoms with van der Waals surface area (Å²) < 4.78 is 0. The zero-order valence-electron chi connectivity index (χ0n) is 5.96. The SMILES string of the molecule is CCCC1=NC(O)=C[CH]N1. The van der Waals surface area contributed by atoms with E-state index in [1.54, 1.807) is 6.54 Å². The highest BCUT2D eigenvalue weighted by Crippen LogP contribution is 2.01. The molecule has 0 aromatic rings. The lowest BCUT2D eigenvalue weighted by atomic mass is 10.3. The number of hydrogen-bond donors (Lipinski definition) is 2. The highest BCUT2D eigenvalue weighted by atomic mass is 16.3. The number of aliphatic hydroxyl groups excluding tert-OH is 1. The van der Waals surface area contributed by atoms with Gasteiger partial charge in [0.2, 0.25) is 5.88 Å². The molecule has 1 aliphatic rings. The van der Waals surface area contributed by atoms with Crippen molar-refractivity contribution >= 4 is 5.84 Å². The van der Waals surface area contributed by atoms with Crippen molar-refractivity contribution in [3.8, 4) is 0 Å². The lowest BCUT2D eigenvalue weighted by molar-refractivity contribution is 0.403. The lowest BCUT2D eigenvalue weighted by Gasteiger charge is -2.09. The fourth-order valence-corrected chi connectivity index (χ4v) is 0.785. The summed E-state index contributed by atoms with van der Waals surface area (Å²) in [4.78, 5) is 3.86. The molecule has 3 heteroatoms. The first kappa shape index (κ1) is 7.12. The van der Waals surface area contributed by atoms with Gasteiger partial charge in [-0.2, -0.15) is 0 Å². The molecule has 1 aliphatic heterocycles. The number of aliphatic imine (C=N–C) groups is 1. The van der Waals surface area contributed by atoms with Gasteiger partial charge < -0.3 is 10.4 Å². The molecule has 1 radical (unpaired) electrons. The Hall–Kier alpha value is -0.990. The molecule has 0 aliphatic carbocycles. The minimum atomic E-state index is 0.0854. The Labute approximate surface area is 60.5 Å². The van der Waals surface area contributed by atoms with Gasteiger partial charge in [-0.25, -0.2) is 4.99 Å². The Morgan fingerprint density at radius 1 is 1.70 bits per heavy atom. The Kier molecular flexibility index (Phi) is 2.31. The molecular formula is C7H11N2O. The van der Waals surface area contributed by atoms with Gasteiger partial charge in [0.1, 0.15) is 5.84 Å². The van der Waals surface area contributed by atoms with Crippen LogP contribution in [0.2, 0.25) is 0 Å². The number of amidine groups is 1. The van der Waals surface area contributed by atoms with Crippen LogP contribution in [0.25, 0.3) is 0 Å². The summed E-state index contributed by atoms with van der Waals surface area (Å²) in [6, 6.07) is 0. The number of rotatable bonds is 2. The van der Waals surface area contributed by atoms with Crippen LogP contribution in [0.4, 0.5) is 0 Å². The maximum atomic E-state index is 8.91. The molecule has 0 amide bonds. The molecular weight excluding hydrogens is 128 g/mol. The van der Waals surface area contributed by atoms with E-state index >= 15 is 0 Å². The number of aliphatic hydroxyl groups is 1. The molecule has 0 saturated heterocycles. The van der Waals surface area contributed by atoms with Gasteiger partial charge in [-0.3, -0.25) is 0 Å². The number of nitrogens with zero attached hydrogens (tertiary/aromatic N) is 1. The van der Waals surface area contributed by atoms with Crippen molar-refractivity contribution in [3.63, 3.8) is 0 Å². The van der Waals surface area contributed by atoms with E-state index in [4.69, 9.17) is 5.11 Å². The summed E-state index contributed by atoms with van der Waals surface area (Å²) in [7, 11) is 0. The molecule has 0 aromatic heterocycles. The van der Waals surface area contributed by atoms with Gasteiger partial charge in [-0.1, -0.05) is 6.92 Å². The van der Waals surface area contributed by atoms with E-state index < -0.39 is 0 Å². The highest BCUT2D eigenvalue weighted by Gasteiger charge is 2.02. The zero-order chi connectivity index (χ0) is 7.40. The molecule has 10 heavy (non-hydrogen) atoms. The minimum Gasteiger partial charge on any atom is -0.493 e. The predicted octanol–water partition coefficient (Wildman–Crippen LogP) is 1.35. The van der Waals surface area contributed by atoms with Gasteiger partial charge in [0, 0.05) is 12.5 Å². The molecule has 55 valence electrons. The van der Waals surface area contributed by atoms with Crippen molar-refractivity contribution < 1.29 is 5.11 Å². The third-order valence-electron chi connectivity index (χ3n) is 1.22. The van der Waals surface area contributed by atoms with Gasteiger partial charge >= 0.3 is 0 Å². The summed E-state index contributed by atoms with van der Waals surface area (Å²) in [5.74, 6) is 0.921. The van der Waals surface area contributed by atoms with Crippen LogP contribution in [0.1, 0.15) is 19.8 Å². The van der Waals surface area contributed by atoms with E-state index in [-0.39, 0.29) is 5.88 Å². The summed E-state index contributed by atoms with van der Waals surface area (Å²) >= 11 is 0. The Bertz CT molecular complexity index is 172. The number of nitrogens with one attached hydrogen (secondary N) is 1. The fourth-order valence-electron chi connectivity index (χ4n) is 0.785. The molecule has 0 fully saturated rings. The molecule has 2 N–H and O–H groups in total. The topological polar surface area (TPSA) is 44.6 Å². The molecule has 0 atom stereocenters. The van der Waals surface area contributed by atoms with E-state index in [0.717, 1.165) is 18.7 Å². The molecule has 0 aromatic carbocycles. The molecule has 3 nitrogen and oxygen atoms in total. The second-order valence-corrected chi connectivity index (χ2v) is 2.14. The zero-order valence-corrected chi connectivity index (χ0v) is 5.96. The predicted molar refractivity (Wildman–Crippen MR) is 40.5 cm³/mol. The van der Waals surface area contributed by atoms with E-state index in [0.29, 0.717) is 0 Å². The second kappa shape index (κ2) is 3.25. The molecule has 1 heterocycles. The average molecular weight is 139 g/mol. The van der Waals surface area contributed by atoms with Crippen LogP contribution in [-0.4, -0.2) is 10.9 Å². The van der Waals surface area contributed by atoms with Crippen LogP contribution in [-0.2, 0) is 0 Å². The summed E-state index contributed by atoms with van der Waals surface area (Å²) in [5, 5.41) is 11.8. The first-order valence-electron chi connectivity index (χ1n) is 3.39. The summed E-state index contributed by atoms with van der Waals surface area (Å²) in [6.07, 6.45) is 3.44. The fraction of sp³-hybridized carbons (Fsp3) is 0.429. The standard InChI is InChI=1S/C7H11N2O/c1-2-3-6-8-5-4-7(10)9-6/h4-5,10H,2-3H2,1H3,(H,8,9). The van der Waals surface area contributed by atoms with Crippen LogP contribution in [0.3, 0.4) is 0 Å². The Balaban J connectivity index is 2.51. The smallest absolute Gasteiger partial charge is 0.210 e. The maximum Gasteiger partial charge on any atom is 0.210 e. The third kappa shape index (κ3) is 1.76. The lowest BCUT2D eigenvalue weighted by Crippen LogP contribution is -2.22. The normalized spacial score (nSPS) is 17.3. The van der Waals surface area contributed by atoms with Crippen LogP contribution in [0, 0.1) is 6.54 Å². The summed E-state index contributed by atoms with van der Waals surface area (Å²) in [6.45, 7) is 3.76. The van der Waals surface area contributed by atoms with Crippen molar-refractivity contribution in [2.75, 3.05) is 0 Å². The van der Waals surface area contributed by atoms with Crippen LogP contribution >= 0.6 is 0 Å². The Morgan fingerprint density at radius 2 is 2.50 bits per heavy atom.